The van der Waals surface area contributed by atoms with E-state index in [1.54, 1.807) is 0 Å². The lowest BCUT2D eigenvalue weighted by Gasteiger charge is -2.16. The summed E-state index contributed by atoms with van der Waals surface area (Å²) < 4.78 is 0. The predicted octanol–water partition coefficient (Wildman–Crippen LogP) is 3.33. The predicted molar refractivity (Wildman–Crippen MR) is 92.7 cm³/mol. The first kappa shape index (κ1) is 17.7. The second kappa shape index (κ2) is 9.56. The van der Waals surface area contributed by atoms with Crippen molar-refractivity contribution in [2.45, 2.75) is 37.8 Å². The van der Waals surface area contributed by atoms with Crippen LogP contribution in [0.2, 0.25) is 0 Å². The number of benzene rings is 2. The molecular weight excluding hydrogens is 280 g/mol. The lowest BCUT2D eigenvalue weighted by molar-refractivity contribution is 0.514. The van der Waals surface area contributed by atoms with E-state index in [1.165, 1.54) is 11.1 Å². The van der Waals surface area contributed by atoms with Crippen molar-refractivity contribution >= 4 is 12.4 Å². The van der Waals surface area contributed by atoms with Gasteiger partial charge in [0.1, 0.15) is 0 Å². The molecule has 2 aromatic carbocycles. The van der Waals surface area contributed by atoms with Gasteiger partial charge in [-0.05, 0) is 36.8 Å². The Labute approximate surface area is 134 Å². The van der Waals surface area contributed by atoms with Crippen molar-refractivity contribution in [3.8, 4) is 0 Å². The van der Waals surface area contributed by atoms with Gasteiger partial charge in [-0.3, -0.25) is 0 Å². The van der Waals surface area contributed by atoms with Crippen molar-refractivity contribution in [2.75, 3.05) is 0 Å². The zero-order valence-electron chi connectivity index (χ0n) is 12.3. The molecule has 0 aliphatic carbocycles. The maximum Gasteiger partial charge on any atom is 0.00799 e. The Morgan fingerprint density at radius 1 is 0.619 bits per heavy atom. The normalized spacial score (nSPS) is 13.2. The molecule has 0 radical (unpaired) electrons. The molecule has 0 bridgehead atoms. The monoisotopic (exact) mass is 304 g/mol. The van der Waals surface area contributed by atoms with Crippen molar-refractivity contribution in [3.05, 3.63) is 71.8 Å². The molecule has 3 heteroatoms. The summed E-state index contributed by atoms with van der Waals surface area (Å²) in [6.45, 7) is 0. The van der Waals surface area contributed by atoms with Crippen LogP contribution in [0.15, 0.2) is 60.7 Å². The Morgan fingerprint density at radius 2 is 0.952 bits per heavy atom. The van der Waals surface area contributed by atoms with Crippen LogP contribution in [0.25, 0.3) is 0 Å². The third-order valence-corrected chi connectivity index (χ3v) is 3.59. The highest BCUT2D eigenvalue weighted by Gasteiger charge is 2.08. The van der Waals surface area contributed by atoms with Gasteiger partial charge < -0.3 is 11.5 Å². The minimum absolute atomic E-state index is 0. The lowest BCUT2D eigenvalue weighted by Crippen LogP contribution is -2.29. The third kappa shape index (κ3) is 6.76. The summed E-state index contributed by atoms with van der Waals surface area (Å²) in [5.41, 5.74) is 15.0. The van der Waals surface area contributed by atoms with Crippen molar-refractivity contribution in [2.24, 2.45) is 11.5 Å². The van der Waals surface area contributed by atoms with Crippen molar-refractivity contribution in [1.29, 1.82) is 0 Å². The van der Waals surface area contributed by atoms with E-state index in [1.807, 2.05) is 12.1 Å². The van der Waals surface area contributed by atoms with Gasteiger partial charge in [0.2, 0.25) is 0 Å². The Morgan fingerprint density at radius 3 is 1.29 bits per heavy atom. The summed E-state index contributed by atoms with van der Waals surface area (Å²) in [5, 5.41) is 0. The number of hydrogen-bond donors (Lipinski definition) is 2. The average molecular weight is 305 g/mol. The molecule has 2 aromatic rings. The smallest absolute Gasteiger partial charge is 0.00799 e. The molecule has 21 heavy (non-hydrogen) atoms. The SMILES string of the molecule is Cl.N[C@H](CC[C@@H](N)Cc1ccccc1)Cc1ccccc1. The van der Waals surface area contributed by atoms with Gasteiger partial charge >= 0.3 is 0 Å². The zero-order valence-corrected chi connectivity index (χ0v) is 13.1. The van der Waals surface area contributed by atoms with E-state index < -0.39 is 0 Å². The largest absolute Gasteiger partial charge is 0.327 e. The van der Waals surface area contributed by atoms with Gasteiger partial charge in [0, 0.05) is 12.1 Å². The van der Waals surface area contributed by atoms with E-state index >= 15 is 0 Å². The zero-order chi connectivity index (χ0) is 14.2. The fourth-order valence-electron chi connectivity index (χ4n) is 2.47. The second-order valence-electron chi connectivity index (χ2n) is 5.48. The summed E-state index contributed by atoms with van der Waals surface area (Å²) in [5.74, 6) is 0. The summed E-state index contributed by atoms with van der Waals surface area (Å²) in [6.07, 6.45) is 3.81. The van der Waals surface area contributed by atoms with Gasteiger partial charge in [-0.15, -0.1) is 12.4 Å². The first-order valence-electron chi connectivity index (χ1n) is 7.33. The highest BCUT2D eigenvalue weighted by Crippen LogP contribution is 2.10. The molecule has 0 aliphatic heterocycles. The van der Waals surface area contributed by atoms with Crippen LogP contribution in [0.4, 0.5) is 0 Å². The van der Waals surface area contributed by atoms with Crippen LogP contribution in [-0.4, -0.2) is 12.1 Å². The maximum atomic E-state index is 6.19. The van der Waals surface area contributed by atoms with Crippen LogP contribution >= 0.6 is 12.4 Å². The Hall–Kier alpha value is -1.35. The van der Waals surface area contributed by atoms with Crippen LogP contribution in [-0.2, 0) is 12.8 Å². The molecule has 0 spiro atoms. The molecule has 114 valence electrons. The average Bonchev–Trinajstić information content (AvgIpc) is 2.47. The van der Waals surface area contributed by atoms with Crippen LogP contribution in [0, 0.1) is 0 Å². The van der Waals surface area contributed by atoms with Crippen LogP contribution in [0.5, 0.6) is 0 Å². The fourth-order valence-corrected chi connectivity index (χ4v) is 2.47. The van der Waals surface area contributed by atoms with Gasteiger partial charge in [-0.2, -0.15) is 0 Å². The van der Waals surface area contributed by atoms with E-state index in [0.29, 0.717) is 0 Å². The van der Waals surface area contributed by atoms with Crippen molar-refractivity contribution < 1.29 is 0 Å². The first-order valence-corrected chi connectivity index (χ1v) is 7.33. The van der Waals surface area contributed by atoms with E-state index in [9.17, 15) is 0 Å². The van der Waals surface area contributed by atoms with E-state index in [0.717, 1.165) is 25.7 Å². The molecule has 0 fully saturated rings. The van der Waals surface area contributed by atoms with Gasteiger partial charge in [0.15, 0.2) is 0 Å². The van der Waals surface area contributed by atoms with Crippen LogP contribution < -0.4 is 11.5 Å². The van der Waals surface area contributed by atoms with E-state index in [2.05, 4.69) is 48.5 Å². The molecule has 0 heterocycles. The molecule has 0 saturated heterocycles. The van der Waals surface area contributed by atoms with Crippen molar-refractivity contribution in [1.82, 2.24) is 0 Å². The minimum Gasteiger partial charge on any atom is -0.327 e. The van der Waals surface area contributed by atoms with Crippen LogP contribution in [0.1, 0.15) is 24.0 Å². The van der Waals surface area contributed by atoms with E-state index in [-0.39, 0.29) is 24.5 Å². The quantitative estimate of drug-likeness (QED) is 0.824. The Bertz CT molecular complexity index is 440. The molecule has 2 atom stereocenters. The van der Waals surface area contributed by atoms with E-state index in [4.69, 9.17) is 11.5 Å². The molecule has 2 rings (SSSR count). The third-order valence-electron chi connectivity index (χ3n) is 3.59. The van der Waals surface area contributed by atoms with Crippen LogP contribution in [0.3, 0.4) is 0 Å². The molecule has 0 aliphatic rings. The molecule has 0 aromatic heterocycles. The minimum atomic E-state index is 0. The summed E-state index contributed by atoms with van der Waals surface area (Å²) >= 11 is 0. The number of halogens is 1. The molecule has 4 N–H and O–H groups in total. The summed E-state index contributed by atoms with van der Waals surface area (Å²) in [7, 11) is 0. The molecule has 0 amide bonds. The molecule has 0 saturated carbocycles. The van der Waals surface area contributed by atoms with Gasteiger partial charge in [-0.25, -0.2) is 0 Å². The standard InChI is InChI=1S/C18H24N2.ClH/c19-17(13-15-7-3-1-4-8-15)11-12-18(20)14-16-9-5-2-6-10-16;/h1-10,17-18H,11-14,19-20H2;1H/t17-,18-;/m1./s1. The Kier molecular flexibility index (Phi) is 8.06. The second-order valence-corrected chi connectivity index (χ2v) is 5.48. The Balaban J connectivity index is 0.00000220. The molecule has 2 nitrogen and oxygen atoms in total. The molecular formula is C18H25ClN2. The number of nitrogens with two attached hydrogens (primary N) is 2. The van der Waals surface area contributed by atoms with Gasteiger partial charge in [0.05, 0.1) is 0 Å². The summed E-state index contributed by atoms with van der Waals surface area (Å²) in [6, 6.07) is 21.2. The highest BCUT2D eigenvalue weighted by atomic mass is 35.5. The topological polar surface area (TPSA) is 52.0 Å². The number of hydrogen-bond acceptors (Lipinski definition) is 2. The maximum absolute atomic E-state index is 6.19. The highest BCUT2D eigenvalue weighted by molar-refractivity contribution is 5.85. The van der Waals surface area contributed by atoms with Gasteiger partial charge in [0.25, 0.3) is 0 Å². The lowest BCUT2D eigenvalue weighted by atomic mass is 9.97. The first-order chi connectivity index (χ1) is 9.74. The summed E-state index contributed by atoms with van der Waals surface area (Å²) in [4.78, 5) is 0. The van der Waals surface area contributed by atoms with Gasteiger partial charge in [-0.1, -0.05) is 60.7 Å². The number of rotatable bonds is 7. The molecule has 0 unspecified atom stereocenters. The fraction of sp³-hybridized carbons (Fsp3) is 0.333. The van der Waals surface area contributed by atoms with Crippen molar-refractivity contribution in [3.63, 3.8) is 0 Å².